The number of methoxy groups -OCH3 is 1. The normalized spacial score (nSPS) is 11.3. The average Bonchev–Trinajstić information content (AvgIpc) is 2.87. The Morgan fingerprint density at radius 1 is 1.40 bits per heavy atom. The zero-order chi connectivity index (χ0) is 14.8. The fraction of sp³-hybridized carbons (Fsp3) is 0.273. The molecule has 0 spiro atoms. The van der Waals surface area contributed by atoms with Crippen molar-refractivity contribution in [3.8, 4) is 5.88 Å². The second-order valence-electron chi connectivity index (χ2n) is 4.00. The molecule has 0 fully saturated rings. The quantitative estimate of drug-likeness (QED) is 0.736. The Hall–Kier alpha value is -2.13. The smallest absolute Gasteiger partial charge is 0.265 e. The highest BCUT2D eigenvalue weighted by atomic mass is 32.2. The molecule has 0 atom stereocenters. The van der Waals surface area contributed by atoms with Gasteiger partial charge in [-0.15, -0.1) is 0 Å². The van der Waals surface area contributed by atoms with Crippen molar-refractivity contribution in [3.05, 3.63) is 29.7 Å². The molecule has 0 aliphatic rings. The van der Waals surface area contributed by atoms with Gasteiger partial charge in [0.2, 0.25) is 11.8 Å². The Morgan fingerprint density at radius 3 is 2.75 bits per heavy atom. The van der Waals surface area contributed by atoms with Gasteiger partial charge in [-0.25, -0.2) is 18.1 Å². The van der Waals surface area contributed by atoms with Gasteiger partial charge < -0.3 is 14.8 Å². The predicted molar refractivity (Wildman–Crippen MR) is 70.8 cm³/mol. The number of H-pyrrole nitrogens is 1. The van der Waals surface area contributed by atoms with E-state index in [-0.39, 0.29) is 23.3 Å². The third-order valence-corrected chi connectivity index (χ3v) is 3.77. The number of aromatic amines is 1. The Labute approximate surface area is 115 Å². The summed E-state index contributed by atoms with van der Waals surface area (Å²) in [6, 6.07) is 2.91. The number of aliphatic hydroxyl groups is 1. The van der Waals surface area contributed by atoms with E-state index in [4.69, 9.17) is 9.84 Å². The SMILES string of the molecule is COc1cc(C)nc(NS(=O)(=O)c2c[nH]c(CO)c2)n1. The van der Waals surface area contributed by atoms with Crippen LogP contribution in [0.2, 0.25) is 0 Å². The van der Waals surface area contributed by atoms with Crippen molar-refractivity contribution in [2.45, 2.75) is 18.4 Å². The molecule has 0 radical (unpaired) electrons. The van der Waals surface area contributed by atoms with E-state index in [9.17, 15) is 8.42 Å². The number of hydrogen-bond donors (Lipinski definition) is 3. The van der Waals surface area contributed by atoms with Crippen LogP contribution in [0, 0.1) is 6.92 Å². The molecule has 8 nitrogen and oxygen atoms in total. The summed E-state index contributed by atoms with van der Waals surface area (Å²) in [7, 11) is -2.39. The lowest BCUT2D eigenvalue weighted by Crippen LogP contribution is -2.15. The van der Waals surface area contributed by atoms with E-state index in [1.165, 1.54) is 19.4 Å². The summed E-state index contributed by atoms with van der Waals surface area (Å²) in [6.07, 6.45) is 1.28. The molecule has 2 heterocycles. The van der Waals surface area contributed by atoms with E-state index >= 15 is 0 Å². The molecular formula is C11H14N4O4S. The number of ether oxygens (including phenoxy) is 1. The molecule has 2 rings (SSSR count). The van der Waals surface area contributed by atoms with E-state index in [1.54, 1.807) is 13.0 Å². The van der Waals surface area contributed by atoms with Gasteiger partial charge >= 0.3 is 0 Å². The number of aryl methyl sites for hydroxylation is 1. The first-order chi connectivity index (χ1) is 9.44. The van der Waals surface area contributed by atoms with Crippen molar-refractivity contribution >= 4 is 16.0 Å². The van der Waals surface area contributed by atoms with Crippen LogP contribution in [0.25, 0.3) is 0 Å². The van der Waals surface area contributed by atoms with Crippen molar-refractivity contribution in [3.63, 3.8) is 0 Å². The fourth-order valence-corrected chi connectivity index (χ4v) is 2.50. The molecule has 9 heteroatoms. The molecule has 2 aromatic rings. The van der Waals surface area contributed by atoms with Crippen molar-refractivity contribution in [1.29, 1.82) is 0 Å². The largest absolute Gasteiger partial charge is 0.481 e. The van der Waals surface area contributed by atoms with Gasteiger partial charge in [0.25, 0.3) is 10.0 Å². The van der Waals surface area contributed by atoms with Crippen molar-refractivity contribution in [2.75, 3.05) is 11.8 Å². The second kappa shape index (κ2) is 5.47. The maximum atomic E-state index is 12.1. The lowest BCUT2D eigenvalue weighted by molar-refractivity contribution is 0.277. The minimum absolute atomic E-state index is 0.00868. The summed E-state index contributed by atoms with van der Waals surface area (Å²) < 4.78 is 31.4. The fourth-order valence-electron chi connectivity index (χ4n) is 1.53. The molecule has 2 aromatic heterocycles. The van der Waals surface area contributed by atoms with Gasteiger partial charge in [-0.2, -0.15) is 4.98 Å². The Morgan fingerprint density at radius 2 is 2.15 bits per heavy atom. The first kappa shape index (κ1) is 14.3. The molecule has 0 saturated carbocycles. The lowest BCUT2D eigenvalue weighted by Gasteiger charge is -2.07. The molecule has 3 N–H and O–H groups in total. The van der Waals surface area contributed by atoms with E-state index in [1.807, 2.05) is 0 Å². The summed E-state index contributed by atoms with van der Waals surface area (Å²) >= 11 is 0. The highest BCUT2D eigenvalue weighted by Gasteiger charge is 2.18. The highest BCUT2D eigenvalue weighted by Crippen LogP contribution is 2.17. The summed E-state index contributed by atoms with van der Waals surface area (Å²) in [5, 5.41) is 8.92. The van der Waals surface area contributed by atoms with E-state index in [0.717, 1.165) is 0 Å². The third kappa shape index (κ3) is 3.06. The number of rotatable bonds is 5. The van der Waals surface area contributed by atoms with Gasteiger partial charge in [0, 0.05) is 23.7 Å². The first-order valence-electron chi connectivity index (χ1n) is 5.65. The Bertz CT molecular complexity index is 711. The molecule has 0 bridgehead atoms. The molecule has 0 aliphatic heterocycles. The molecule has 0 amide bonds. The summed E-state index contributed by atoms with van der Waals surface area (Å²) in [6.45, 7) is 1.42. The number of aromatic nitrogens is 3. The Kier molecular flexibility index (Phi) is 3.91. The van der Waals surface area contributed by atoms with Gasteiger partial charge in [0.05, 0.1) is 13.7 Å². The highest BCUT2D eigenvalue weighted by molar-refractivity contribution is 7.92. The van der Waals surface area contributed by atoms with Crippen molar-refractivity contribution < 1.29 is 18.3 Å². The van der Waals surface area contributed by atoms with Crippen LogP contribution in [0.1, 0.15) is 11.4 Å². The van der Waals surface area contributed by atoms with Crippen LogP contribution in [-0.4, -0.2) is 35.6 Å². The minimum atomic E-state index is -3.82. The zero-order valence-corrected chi connectivity index (χ0v) is 11.7. The summed E-state index contributed by atoms with van der Waals surface area (Å²) in [5.41, 5.74) is 0.966. The van der Waals surface area contributed by atoms with Crippen LogP contribution >= 0.6 is 0 Å². The maximum absolute atomic E-state index is 12.1. The van der Waals surface area contributed by atoms with Crippen LogP contribution in [0.3, 0.4) is 0 Å². The Balaban J connectivity index is 2.30. The molecule has 0 unspecified atom stereocenters. The number of sulfonamides is 1. The standard InChI is InChI=1S/C11H14N4O4S/c1-7-3-10(19-2)14-11(13-7)15-20(17,18)9-4-8(6-16)12-5-9/h3-5,12,16H,6H2,1-2H3,(H,13,14,15). The summed E-state index contributed by atoms with van der Waals surface area (Å²) in [4.78, 5) is 10.5. The van der Waals surface area contributed by atoms with Gasteiger partial charge in [0.15, 0.2) is 0 Å². The number of aliphatic hydroxyl groups excluding tert-OH is 1. The second-order valence-corrected chi connectivity index (χ2v) is 5.68. The minimum Gasteiger partial charge on any atom is -0.481 e. The van der Waals surface area contributed by atoms with Crippen LogP contribution in [0.5, 0.6) is 5.88 Å². The van der Waals surface area contributed by atoms with E-state index < -0.39 is 10.0 Å². The zero-order valence-electron chi connectivity index (χ0n) is 10.9. The van der Waals surface area contributed by atoms with Crippen LogP contribution in [0.4, 0.5) is 5.95 Å². The maximum Gasteiger partial charge on any atom is 0.265 e. The molecule has 108 valence electrons. The van der Waals surface area contributed by atoms with Crippen molar-refractivity contribution in [2.24, 2.45) is 0 Å². The number of anilines is 1. The van der Waals surface area contributed by atoms with Crippen LogP contribution < -0.4 is 9.46 Å². The summed E-state index contributed by atoms with van der Waals surface area (Å²) in [5.74, 6) is 0.189. The van der Waals surface area contributed by atoms with E-state index in [2.05, 4.69) is 19.7 Å². The monoisotopic (exact) mass is 298 g/mol. The van der Waals surface area contributed by atoms with Crippen LogP contribution in [0.15, 0.2) is 23.2 Å². The van der Waals surface area contributed by atoms with Crippen molar-refractivity contribution in [1.82, 2.24) is 15.0 Å². The molecule has 0 saturated heterocycles. The number of hydrogen-bond acceptors (Lipinski definition) is 6. The average molecular weight is 298 g/mol. The van der Waals surface area contributed by atoms with Gasteiger partial charge in [-0.1, -0.05) is 0 Å². The van der Waals surface area contributed by atoms with Gasteiger partial charge in [0.1, 0.15) is 4.90 Å². The van der Waals surface area contributed by atoms with E-state index in [0.29, 0.717) is 11.4 Å². The number of nitrogens with one attached hydrogen (secondary N) is 2. The van der Waals surface area contributed by atoms with Crippen LogP contribution in [-0.2, 0) is 16.6 Å². The first-order valence-corrected chi connectivity index (χ1v) is 7.13. The van der Waals surface area contributed by atoms with Gasteiger partial charge in [-0.3, -0.25) is 0 Å². The molecular weight excluding hydrogens is 284 g/mol. The third-order valence-electron chi connectivity index (χ3n) is 2.46. The predicted octanol–water partition coefficient (Wildman–Crippen LogP) is 0.415. The lowest BCUT2D eigenvalue weighted by atomic mass is 10.4. The topological polar surface area (TPSA) is 117 Å². The number of nitrogens with zero attached hydrogens (tertiary/aromatic N) is 2. The molecule has 0 aromatic carbocycles. The van der Waals surface area contributed by atoms with Gasteiger partial charge in [-0.05, 0) is 13.0 Å². The molecule has 20 heavy (non-hydrogen) atoms. The molecule has 0 aliphatic carbocycles.